The zero-order valence-corrected chi connectivity index (χ0v) is 31.1. The highest BCUT2D eigenvalue weighted by molar-refractivity contribution is 7.92. The lowest BCUT2D eigenvalue weighted by atomic mass is 9.89. The van der Waals surface area contributed by atoms with Crippen LogP contribution in [-0.4, -0.2) is 49.7 Å². The Morgan fingerprint density at radius 3 is 2.38 bits per heavy atom. The molecular weight excluding hydrogens is 813 g/mol. The van der Waals surface area contributed by atoms with E-state index in [1.165, 1.54) is 42.1 Å². The number of hydrogen-bond donors (Lipinski definition) is 2. The second kappa shape index (κ2) is 13.0. The van der Waals surface area contributed by atoms with Crippen molar-refractivity contribution in [1.82, 2.24) is 29.1 Å². The van der Waals surface area contributed by atoms with Gasteiger partial charge in [-0.1, -0.05) is 29.3 Å². The summed E-state index contributed by atoms with van der Waals surface area (Å²) in [6.07, 6.45) is -3.23. The molecule has 2 aliphatic carbocycles. The van der Waals surface area contributed by atoms with Crippen molar-refractivity contribution >= 4 is 66.8 Å². The SMILES string of the molecule is Cn1nc(NS(C)(=O)=O)c2c(Cl)ccc(-n3c([C@@H](Cc4cc(F)cc(F)c4)C(C(N)=O)n4nc(C(F)F)c5c4C(F)(F)[C@@H]4C[C@H]54)nc4cccc(Cl)c4c3=O)c21. The number of benzene rings is 3. The third-order valence-corrected chi connectivity index (χ3v) is 11.3. The monoisotopic (exact) mass is 838 g/mol. The number of fused-ring (bicyclic) bond motifs is 5. The van der Waals surface area contributed by atoms with E-state index in [4.69, 9.17) is 33.9 Å². The van der Waals surface area contributed by atoms with Gasteiger partial charge in [0.05, 0.1) is 49.7 Å². The molecule has 3 N–H and O–H groups in total. The van der Waals surface area contributed by atoms with Crippen LogP contribution in [0.3, 0.4) is 0 Å². The number of nitrogens with two attached hydrogens (primary N) is 1. The Kier molecular flexibility index (Phi) is 8.74. The van der Waals surface area contributed by atoms with E-state index in [0.29, 0.717) is 10.7 Å². The summed E-state index contributed by atoms with van der Waals surface area (Å²) in [5.74, 6) is -12.0. The quantitative estimate of drug-likeness (QED) is 0.147. The van der Waals surface area contributed by atoms with Crippen LogP contribution in [0.1, 0.15) is 59.1 Å². The van der Waals surface area contributed by atoms with Crippen LogP contribution in [-0.2, 0) is 34.2 Å². The van der Waals surface area contributed by atoms with Gasteiger partial charge >= 0.3 is 0 Å². The molecule has 1 amide bonds. The van der Waals surface area contributed by atoms with Gasteiger partial charge in [-0.15, -0.1) is 0 Å². The van der Waals surface area contributed by atoms with E-state index in [-0.39, 0.29) is 55.3 Å². The molecule has 12 nitrogen and oxygen atoms in total. The Bertz CT molecular complexity index is 2830. The Morgan fingerprint density at radius 1 is 1.05 bits per heavy atom. The van der Waals surface area contributed by atoms with Gasteiger partial charge < -0.3 is 5.73 Å². The van der Waals surface area contributed by atoms with E-state index in [1.807, 2.05) is 0 Å². The van der Waals surface area contributed by atoms with Crippen molar-refractivity contribution in [2.24, 2.45) is 18.7 Å². The zero-order chi connectivity index (χ0) is 40.3. The van der Waals surface area contributed by atoms with Crippen LogP contribution in [0, 0.1) is 17.6 Å². The first-order valence-electron chi connectivity index (χ1n) is 16.7. The van der Waals surface area contributed by atoms with Crippen LogP contribution in [0.25, 0.3) is 27.5 Å². The van der Waals surface area contributed by atoms with Gasteiger partial charge in [0.1, 0.15) is 34.9 Å². The number of nitrogens with one attached hydrogen (secondary N) is 1. The Labute approximate surface area is 321 Å². The van der Waals surface area contributed by atoms with E-state index in [0.717, 1.165) is 23.0 Å². The molecule has 292 valence electrons. The maximum atomic E-state index is 16.1. The molecule has 0 bridgehead atoms. The lowest BCUT2D eigenvalue weighted by Crippen LogP contribution is -2.39. The molecule has 1 saturated carbocycles. The minimum Gasteiger partial charge on any atom is -0.368 e. The van der Waals surface area contributed by atoms with Gasteiger partial charge in [-0.25, -0.2) is 35.6 Å². The number of primary amides is 1. The van der Waals surface area contributed by atoms with Crippen LogP contribution >= 0.6 is 23.2 Å². The summed E-state index contributed by atoms with van der Waals surface area (Å²) in [7, 11) is -2.55. The van der Waals surface area contributed by atoms with Gasteiger partial charge in [0.2, 0.25) is 15.9 Å². The number of aromatic nitrogens is 6. The molecule has 8 rings (SSSR count). The summed E-state index contributed by atoms with van der Waals surface area (Å²) >= 11 is 13.1. The highest BCUT2D eigenvalue weighted by Gasteiger charge is 2.67. The maximum Gasteiger partial charge on any atom is 0.293 e. The number of anilines is 1. The number of carbonyl (C=O) groups is 1. The van der Waals surface area contributed by atoms with Crippen molar-refractivity contribution in [3.8, 4) is 5.69 Å². The standard InChI is InChI=1S/C35H26Cl2F6N8O4S/c1-49-28-22(7-6-20(37)25(28)32(47-49)48-56(2,54)55)50-33(45-21-5-3-4-19(36)24(21)34(50)53)17(10-13-8-14(38)11-15(39)9-13)27(31(44)52)51-29-23(26(46-51)30(40)41)16-12-18(16)35(29,42)43/h3-9,11,16-18,27,30H,10,12H2,1-2H3,(H2,44,52)(H,47,48)/t16-,17-,18+,27?/m0/s1. The molecule has 0 radical (unpaired) electrons. The smallest absolute Gasteiger partial charge is 0.293 e. The third kappa shape index (κ3) is 5.98. The van der Waals surface area contributed by atoms with Crippen molar-refractivity contribution in [1.29, 1.82) is 0 Å². The molecule has 3 aromatic heterocycles. The summed E-state index contributed by atoms with van der Waals surface area (Å²) < 4.78 is 120. The number of hydrogen-bond acceptors (Lipinski definition) is 7. The zero-order valence-electron chi connectivity index (χ0n) is 28.7. The minimum absolute atomic E-state index is 0.00487. The number of nitrogens with zero attached hydrogens (tertiary/aromatic N) is 6. The van der Waals surface area contributed by atoms with Crippen LogP contribution < -0.4 is 16.0 Å². The predicted octanol–water partition coefficient (Wildman–Crippen LogP) is 6.62. The molecule has 6 aromatic rings. The normalized spacial score (nSPS) is 18.3. The highest BCUT2D eigenvalue weighted by atomic mass is 35.5. The van der Waals surface area contributed by atoms with E-state index in [1.54, 1.807) is 0 Å². The Balaban J connectivity index is 1.49. The van der Waals surface area contributed by atoms with Gasteiger partial charge in [0, 0.05) is 24.6 Å². The van der Waals surface area contributed by atoms with Crippen molar-refractivity contribution in [3.05, 3.63) is 109 Å². The largest absolute Gasteiger partial charge is 0.368 e. The second-order valence-electron chi connectivity index (χ2n) is 13.8. The third-order valence-electron chi connectivity index (χ3n) is 10.1. The number of carbonyl (C=O) groups excluding carboxylic acids is 1. The summed E-state index contributed by atoms with van der Waals surface area (Å²) in [6, 6.07) is 7.04. The number of aryl methyl sites for hydroxylation is 1. The molecular formula is C35H26Cl2F6N8O4S. The molecule has 3 aromatic carbocycles. The molecule has 56 heavy (non-hydrogen) atoms. The maximum absolute atomic E-state index is 16.1. The minimum atomic E-state index is -3.95. The molecule has 0 aliphatic heterocycles. The van der Waals surface area contributed by atoms with Crippen molar-refractivity contribution < 1.29 is 39.6 Å². The highest BCUT2D eigenvalue weighted by Crippen LogP contribution is 2.68. The fraction of sp³-hybridized carbons (Fsp3) is 0.286. The lowest BCUT2D eigenvalue weighted by Gasteiger charge is -2.30. The number of halogens is 8. The van der Waals surface area contributed by atoms with Gasteiger partial charge in [-0.05, 0) is 60.7 Å². The van der Waals surface area contributed by atoms with E-state index in [9.17, 15) is 35.6 Å². The van der Waals surface area contributed by atoms with Gasteiger partial charge in [0.15, 0.2) is 5.82 Å². The summed E-state index contributed by atoms with van der Waals surface area (Å²) in [5, 5.41) is 7.82. The van der Waals surface area contributed by atoms with Crippen LogP contribution in [0.4, 0.5) is 32.2 Å². The molecule has 1 unspecified atom stereocenters. The average Bonchev–Trinajstić information content (AvgIpc) is 3.61. The van der Waals surface area contributed by atoms with Crippen molar-refractivity contribution in [2.45, 2.75) is 43.1 Å². The lowest BCUT2D eigenvalue weighted by molar-refractivity contribution is -0.122. The van der Waals surface area contributed by atoms with Crippen LogP contribution in [0.15, 0.2) is 53.3 Å². The second-order valence-corrected chi connectivity index (χ2v) is 16.3. The fourth-order valence-electron chi connectivity index (χ4n) is 7.91. The van der Waals surface area contributed by atoms with Crippen molar-refractivity contribution in [3.63, 3.8) is 0 Å². The fourth-order valence-corrected chi connectivity index (χ4v) is 8.89. The topological polar surface area (TPSA) is 160 Å². The first-order valence-corrected chi connectivity index (χ1v) is 19.3. The average molecular weight is 840 g/mol. The number of alkyl halides is 4. The molecule has 0 spiro atoms. The first-order chi connectivity index (χ1) is 26.3. The summed E-state index contributed by atoms with van der Waals surface area (Å²) in [6.45, 7) is 0. The molecule has 0 saturated heterocycles. The molecule has 3 heterocycles. The number of amides is 1. The molecule has 21 heteroatoms. The number of sulfonamides is 1. The van der Waals surface area contributed by atoms with Gasteiger partial charge in [-0.3, -0.25) is 23.6 Å². The number of rotatable bonds is 10. The van der Waals surface area contributed by atoms with E-state index in [2.05, 4.69) is 14.9 Å². The van der Waals surface area contributed by atoms with Crippen LogP contribution in [0.5, 0.6) is 0 Å². The van der Waals surface area contributed by atoms with Gasteiger partial charge in [-0.2, -0.15) is 19.0 Å². The molecule has 1 fully saturated rings. The molecule has 2 aliphatic rings. The summed E-state index contributed by atoms with van der Waals surface area (Å²) in [4.78, 5) is 33.3. The first kappa shape index (κ1) is 37.8. The van der Waals surface area contributed by atoms with E-state index < -0.39 is 98.5 Å². The van der Waals surface area contributed by atoms with Crippen molar-refractivity contribution in [2.75, 3.05) is 11.0 Å². The molecule has 4 atom stereocenters. The van der Waals surface area contributed by atoms with Gasteiger partial charge in [0.25, 0.3) is 17.9 Å². The van der Waals surface area contributed by atoms with Crippen LogP contribution in [0.2, 0.25) is 10.0 Å². The summed E-state index contributed by atoms with van der Waals surface area (Å²) in [5.41, 5.74) is 2.35. The Hall–Kier alpha value is -5.14. The predicted molar refractivity (Wildman–Crippen MR) is 193 cm³/mol. The Morgan fingerprint density at radius 2 is 1.73 bits per heavy atom. The van der Waals surface area contributed by atoms with E-state index >= 15 is 8.78 Å².